The van der Waals surface area contributed by atoms with Crippen LogP contribution in [0.5, 0.6) is 0 Å². The number of anilines is 1. The maximum Gasteiger partial charge on any atom is 0.328 e. The Kier molecular flexibility index (Phi) is 2.97. The molecular formula is C10H9ClN4O2. The van der Waals surface area contributed by atoms with Crippen molar-refractivity contribution in [2.24, 2.45) is 0 Å². The normalized spacial score (nSPS) is 10.4. The van der Waals surface area contributed by atoms with E-state index in [1.807, 2.05) is 0 Å². The van der Waals surface area contributed by atoms with Gasteiger partial charge in [0.05, 0.1) is 6.54 Å². The Morgan fingerprint density at radius 2 is 2.18 bits per heavy atom. The van der Waals surface area contributed by atoms with Crippen LogP contribution in [0, 0.1) is 0 Å². The van der Waals surface area contributed by atoms with E-state index in [0.29, 0.717) is 5.82 Å². The third-order valence-corrected chi connectivity index (χ3v) is 2.44. The maximum atomic E-state index is 11.5. The summed E-state index contributed by atoms with van der Waals surface area (Å²) < 4.78 is 1.29. The zero-order chi connectivity index (χ0) is 12.4. The van der Waals surface area contributed by atoms with Gasteiger partial charge in [0.15, 0.2) is 0 Å². The smallest absolute Gasteiger partial charge is 0.328 e. The van der Waals surface area contributed by atoms with Gasteiger partial charge in [-0.2, -0.15) is 0 Å². The number of hydrogen-bond donors (Lipinski definition) is 2. The second-order valence-electron chi connectivity index (χ2n) is 3.46. The molecule has 2 heterocycles. The van der Waals surface area contributed by atoms with Crippen molar-refractivity contribution >= 4 is 17.4 Å². The highest BCUT2D eigenvalue weighted by atomic mass is 35.5. The van der Waals surface area contributed by atoms with Gasteiger partial charge in [-0.25, -0.2) is 9.78 Å². The fraction of sp³-hybridized carbons (Fsp3) is 0.100. The van der Waals surface area contributed by atoms with Crippen molar-refractivity contribution in [3.8, 4) is 0 Å². The van der Waals surface area contributed by atoms with Gasteiger partial charge in [-0.1, -0.05) is 17.7 Å². The molecule has 2 aromatic rings. The number of pyridine rings is 1. The number of nitrogens with two attached hydrogens (primary N) is 1. The van der Waals surface area contributed by atoms with Gasteiger partial charge in [-0.15, -0.1) is 0 Å². The number of hydrogen-bond acceptors (Lipinski definition) is 4. The Labute approximate surface area is 101 Å². The molecule has 0 fully saturated rings. The second kappa shape index (κ2) is 4.42. The number of nitrogens with zero attached hydrogens (tertiary/aromatic N) is 2. The number of nitrogen functional groups attached to an aromatic ring is 1. The summed E-state index contributed by atoms with van der Waals surface area (Å²) in [5.74, 6) is 0.403. The van der Waals surface area contributed by atoms with E-state index in [-0.39, 0.29) is 11.6 Å². The van der Waals surface area contributed by atoms with Crippen molar-refractivity contribution < 1.29 is 0 Å². The van der Waals surface area contributed by atoms with E-state index >= 15 is 0 Å². The number of nitrogens with one attached hydrogen (secondary N) is 1. The van der Waals surface area contributed by atoms with Crippen LogP contribution in [0.15, 0.2) is 34.1 Å². The lowest BCUT2D eigenvalue weighted by atomic mass is 10.3. The van der Waals surface area contributed by atoms with E-state index in [9.17, 15) is 9.59 Å². The van der Waals surface area contributed by atoms with Crippen molar-refractivity contribution in [2.45, 2.75) is 6.54 Å². The Bertz CT molecular complexity index is 645. The average Bonchev–Trinajstić information content (AvgIpc) is 2.29. The molecule has 0 amide bonds. The molecule has 0 aliphatic carbocycles. The molecule has 7 heteroatoms. The molecular weight excluding hydrogens is 244 g/mol. The molecule has 3 N–H and O–H groups in total. The Morgan fingerprint density at radius 3 is 2.82 bits per heavy atom. The Morgan fingerprint density at radius 1 is 1.41 bits per heavy atom. The standard InChI is InChI=1S/C10H9ClN4O2/c11-7-5-15(10(17)14-9(7)16)4-6-1-2-8(12)13-3-6/h1-3,5H,4H2,(H2,12,13)(H,14,16,17). The van der Waals surface area contributed by atoms with Crippen molar-refractivity contribution in [1.82, 2.24) is 14.5 Å². The van der Waals surface area contributed by atoms with Gasteiger partial charge in [-0.3, -0.25) is 14.3 Å². The molecule has 0 aliphatic heterocycles. The van der Waals surface area contributed by atoms with Crippen LogP contribution in [-0.4, -0.2) is 14.5 Å². The topological polar surface area (TPSA) is 93.8 Å². The molecule has 0 saturated carbocycles. The number of rotatable bonds is 2. The molecule has 88 valence electrons. The van der Waals surface area contributed by atoms with Gasteiger partial charge in [-0.05, 0) is 11.6 Å². The molecule has 0 spiro atoms. The van der Waals surface area contributed by atoms with Crippen LogP contribution < -0.4 is 17.0 Å². The van der Waals surface area contributed by atoms with Crippen LogP contribution in [0.2, 0.25) is 5.02 Å². The summed E-state index contributed by atoms with van der Waals surface area (Å²) in [5, 5.41) is -0.0343. The Hall–Kier alpha value is -2.08. The SMILES string of the molecule is Nc1ccc(Cn2cc(Cl)c(=O)[nH]c2=O)cn1. The molecule has 2 rings (SSSR count). The minimum absolute atomic E-state index is 0.0343. The molecule has 0 aliphatic rings. The molecule has 0 bridgehead atoms. The number of aromatic nitrogens is 3. The minimum atomic E-state index is -0.594. The molecule has 2 aromatic heterocycles. The van der Waals surface area contributed by atoms with Gasteiger partial charge in [0, 0.05) is 12.4 Å². The number of aromatic amines is 1. The molecule has 0 unspecified atom stereocenters. The van der Waals surface area contributed by atoms with Gasteiger partial charge in [0.25, 0.3) is 5.56 Å². The van der Waals surface area contributed by atoms with E-state index in [4.69, 9.17) is 17.3 Å². The quantitative estimate of drug-likeness (QED) is 0.799. The fourth-order valence-electron chi connectivity index (χ4n) is 1.33. The van der Waals surface area contributed by atoms with Crippen LogP contribution in [0.3, 0.4) is 0 Å². The third-order valence-electron chi connectivity index (χ3n) is 2.17. The lowest BCUT2D eigenvalue weighted by molar-refractivity contribution is 0.718. The summed E-state index contributed by atoms with van der Waals surface area (Å²) in [5.41, 5.74) is 5.12. The average molecular weight is 253 g/mol. The summed E-state index contributed by atoms with van der Waals surface area (Å²) in [6.45, 7) is 0.266. The van der Waals surface area contributed by atoms with Gasteiger partial charge >= 0.3 is 5.69 Å². The van der Waals surface area contributed by atoms with Crippen LogP contribution in [0.1, 0.15) is 5.56 Å². The highest BCUT2D eigenvalue weighted by molar-refractivity contribution is 6.30. The first-order valence-corrected chi connectivity index (χ1v) is 5.14. The largest absolute Gasteiger partial charge is 0.384 e. The highest BCUT2D eigenvalue weighted by Crippen LogP contribution is 2.03. The van der Waals surface area contributed by atoms with E-state index in [1.54, 1.807) is 18.3 Å². The van der Waals surface area contributed by atoms with Crippen LogP contribution in [0.25, 0.3) is 0 Å². The summed E-state index contributed by atoms with van der Waals surface area (Å²) in [4.78, 5) is 28.5. The number of halogens is 1. The first kappa shape index (κ1) is 11.4. The molecule has 0 radical (unpaired) electrons. The lowest BCUT2D eigenvalue weighted by Crippen LogP contribution is -2.29. The zero-order valence-electron chi connectivity index (χ0n) is 8.68. The van der Waals surface area contributed by atoms with E-state index < -0.39 is 11.2 Å². The monoisotopic (exact) mass is 252 g/mol. The molecule has 0 aromatic carbocycles. The van der Waals surface area contributed by atoms with Crippen LogP contribution in [-0.2, 0) is 6.54 Å². The minimum Gasteiger partial charge on any atom is -0.384 e. The predicted octanol–water partition coefficient (Wildman–Crippen LogP) is 0.215. The van der Waals surface area contributed by atoms with Gasteiger partial charge in [0.1, 0.15) is 10.8 Å². The lowest BCUT2D eigenvalue weighted by Gasteiger charge is -2.05. The number of H-pyrrole nitrogens is 1. The summed E-state index contributed by atoms with van der Waals surface area (Å²) in [6.07, 6.45) is 2.85. The summed E-state index contributed by atoms with van der Waals surface area (Å²) >= 11 is 5.64. The van der Waals surface area contributed by atoms with Crippen molar-refractivity contribution in [3.05, 3.63) is 56.0 Å². The molecule has 6 nitrogen and oxygen atoms in total. The zero-order valence-corrected chi connectivity index (χ0v) is 9.44. The van der Waals surface area contributed by atoms with Crippen LogP contribution >= 0.6 is 11.6 Å². The fourth-order valence-corrected chi connectivity index (χ4v) is 1.49. The van der Waals surface area contributed by atoms with Gasteiger partial charge < -0.3 is 5.73 Å². The second-order valence-corrected chi connectivity index (χ2v) is 3.86. The van der Waals surface area contributed by atoms with E-state index in [2.05, 4.69) is 9.97 Å². The van der Waals surface area contributed by atoms with E-state index in [1.165, 1.54) is 10.8 Å². The maximum absolute atomic E-state index is 11.5. The van der Waals surface area contributed by atoms with Crippen LogP contribution in [0.4, 0.5) is 5.82 Å². The summed E-state index contributed by atoms with van der Waals surface area (Å²) in [6, 6.07) is 3.38. The van der Waals surface area contributed by atoms with Gasteiger partial charge in [0.2, 0.25) is 0 Å². The first-order valence-electron chi connectivity index (χ1n) is 4.76. The molecule has 0 saturated heterocycles. The van der Waals surface area contributed by atoms with Crippen molar-refractivity contribution in [1.29, 1.82) is 0 Å². The van der Waals surface area contributed by atoms with E-state index in [0.717, 1.165) is 5.56 Å². The molecule has 17 heavy (non-hydrogen) atoms. The Balaban J connectivity index is 2.36. The third kappa shape index (κ3) is 2.54. The predicted molar refractivity (Wildman–Crippen MR) is 64.1 cm³/mol. The van der Waals surface area contributed by atoms with Crippen molar-refractivity contribution in [2.75, 3.05) is 5.73 Å². The highest BCUT2D eigenvalue weighted by Gasteiger charge is 2.03. The van der Waals surface area contributed by atoms with Crippen molar-refractivity contribution in [3.63, 3.8) is 0 Å². The summed E-state index contributed by atoms with van der Waals surface area (Å²) in [7, 11) is 0. The first-order chi connectivity index (χ1) is 8.06. The molecule has 0 atom stereocenters.